The van der Waals surface area contributed by atoms with E-state index in [4.69, 9.17) is 28.4 Å². The van der Waals surface area contributed by atoms with Crippen LogP contribution in [0.15, 0.2) is 42.5 Å². The van der Waals surface area contributed by atoms with Gasteiger partial charge in [0.1, 0.15) is 24.6 Å². The van der Waals surface area contributed by atoms with Crippen molar-refractivity contribution in [2.45, 2.75) is 127 Å². The molecule has 2 unspecified atom stereocenters. The van der Waals surface area contributed by atoms with E-state index in [2.05, 4.69) is 59.6 Å². The molecule has 290 valence electrons. The van der Waals surface area contributed by atoms with Gasteiger partial charge in [0.05, 0.1) is 36.6 Å². The van der Waals surface area contributed by atoms with Crippen molar-refractivity contribution in [3.63, 3.8) is 0 Å². The highest BCUT2D eigenvalue weighted by Crippen LogP contribution is 2.42. The quantitative estimate of drug-likeness (QED) is 0.136. The molecule has 3 saturated heterocycles. The van der Waals surface area contributed by atoms with Crippen LogP contribution in [0.4, 0.5) is 4.39 Å². The van der Waals surface area contributed by atoms with Gasteiger partial charge in [-0.25, -0.2) is 17.8 Å². The van der Waals surface area contributed by atoms with Crippen LogP contribution in [0.5, 0.6) is 5.88 Å². The van der Waals surface area contributed by atoms with E-state index in [9.17, 15) is 8.42 Å². The highest BCUT2D eigenvalue weighted by Gasteiger charge is 2.52. The fourth-order valence-corrected chi connectivity index (χ4v) is 11.3. The molecule has 14 heteroatoms. The summed E-state index contributed by atoms with van der Waals surface area (Å²) < 4.78 is 76.4. The largest absolute Gasteiger partial charge is 0.470 e. The Hall–Kier alpha value is -2.44. The van der Waals surface area contributed by atoms with Crippen molar-refractivity contribution in [2.75, 3.05) is 26.1 Å². The van der Waals surface area contributed by atoms with Crippen LogP contribution in [0, 0.1) is 5.82 Å². The van der Waals surface area contributed by atoms with E-state index in [0.717, 1.165) is 30.0 Å². The molecular weight excluding hydrogens is 730 g/mol. The van der Waals surface area contributed by atoms with Crippen molar-refractivity contribution >= 4 is 43.0 Å². The number of ether oxygens (including phenoxy) is 4. The van der Waals surface area contributed by atoms with Gasteiger partial charge in [-0.1, -0.05) is 70.8 Å². The molecule has 3 fully saturated rings. The van der Waals surface area contributed by atoms with Crippen molar-refractivity contribution in [3.8, 4) is 17.1 Å². The van der Waals surface area contributed by atoms with Crippen LogP contribution >= 0.6 is 0 Å². The molecule has 0 N–H and O–H groups in total. The smallest absolute Gasteiger partial charge is 0.212 e. The Bertz CT molecular complexity index is 1970. The van der Waals surface area contributed by atoms with Gasteiger partial charge in [-0.2, -0.15) is 4.31 Å². The third-order valence-corrected chi connectivity index (χ3v) is 19.3. The second kappa shape index (κ2) is 14.3. The van der Waals surface area contributed by atoms with E-state index in [1.54, 1.807) is 4.31 Å². The van der Waals surface area contributed by atoms with Crippen molar-refractivity contribution in [2.24, 2.45) is 0 Å². The Labute approximate surface area is 316 Å². The Morgan fingerprint density at radius 2 is 1.62 bits per heavy atom. The standard InChI is InChI=1S/C39H56FN3O7SSi2/c1-39(2,3)53(8,9)50-34-23-48-37-33(22-47-38(34)37)49-35-21-31-32(42(35)24-46-16-17-52(5,6)7)20-30(40)36(41-31)26-12-10-25(11-13-26)27-18-28-14-15-29(19-27)43(28)51(4,44)45/h10-13,18,20-21,28-29,33-34,37-38H,14-17,19,22-24H2,1-9H3/t28?,29?,33-,34-,37-,38-/m1/s1. The zero-order valence-corrected chi connectivity index (χ0v) is 35.5. The lowest BCUT2D eigenvalue weighted by atomic mass is 9.95. The minimum atomic E-state index is -3.27. The molecule has 10 nitrogen and oxygen atoms in total. The summed E-state index contributed by atoms with van der Waals surface area (Å²) in [7, 11) is -6.62. The van der Waals surface area contributed by atoms with Crippen LogP contribution in [-0.2, 0) is 35.4 Å². The van der Waals surface area contributed by atoms with E-state index < -0.39 is 32.2 Å². The first-order valence-corrected chi connectivity index (χ1v) is 27.4. The lowest BCUT2D eigenvalue weighted by molar-refractivity contribution is 0.00859. The Kier molecular flexibility index (Phi) is 10.4. The van der Waals surface area contributed by atoms with Gasteiger partial charge in [0.25, 0.3) is 0 Å². The summed E-state index contributed by atoms with van der Waals surface area (Å²) in [5.74, 6) is 0.0898. The normalized spacial score (nSPS) is 26.7. The van der Waals surface area contributed by atoms with Gasteiger partial charge in [0.2, 0.25) is 10.0 Å². The topological polar surface area (TPSA) is 101 Å². The molecule has 6 atom stereocenters. The maximum atomic E-state index is 16.0. The number of nitrogens with zero attached hydrogens (tertiary/aromatic N) is 3. The summed E-state index contributed by atoms with van der Waals surface area (Å²) >= 11 is 0. The SMILES string of the molecule is CC(C)(C)[Si](C)(C)O[C@@H]1CO[C@H]2[C@@H]1OC[C@H]2Oc1cc2nc(-c3ccc(C4=CC5CCC(C4)N5S(C)(=O)=O)cc3)c(F)cc2n1COCC[Si](C)(C)C. The zero-order chi connectivity index (χ0) is 38.1. The van der Waals surface area contributed by atoms with Crippen molar-refractivity contribution in [1.82, 2.24) is 13.9 Å². The Balaban J connectivity index is 1.13. The Morgan fingerprint density at radius 3 is 2.26 bits per heavy atom. The number of rotatable bonds is 12. The molecule has 3 aromatic rings. The van der Waals surface area contributed by atoms with Gasteiger partial charge in [0, 0.05) is 44.5 Å². The summed E-state index contributed by atoms with van der Waals surface area (Å²) in [6.45, 7) is 19.7. The number of hydrogen-bond acceptors (Lipinski definition) is 8. The highest BCUT2D eigenvalue weighted by atomic mass is 32.2. The zero-order valence-electron chi connectivity index (χ0n) is 32.6. The number of aromatic nitrogens is 2. The maximum absolute atomic E-state index is 16.0. The number of fused-ring (bicyclic) bond motifs is 4. The van der Waals surface area contributed by atoms with Crippen molar-refractivity contribution in [1.29, 1.82) is 0 Å². The van der Waals surface area contributed by atoms with Gasteiger partial charge in [-0.15, -0.1) is 0 Å². The third-order valence-electron chi connectivity index (χ3n) is 11.7. The average molecular weight is 786 g/mol. The monoisotopic (exact) mass is 785 g/mol. The molecule has 4 aliphatic rings. The van der Waals surface area contributed by atoms with E-state index in [1.807, 2.05) is 34.9 Å². The van der Waals surface area contributed by atoms with Crippen LogP contribution in [0.3, 0.4) is 0 Å². The van der Waals surface area contributed by atoms with E-state index in [0.29, 0.717) is 48.7 Å². The predicted molar refractivity (Wildman–Crippen MR) is 211 cm³/mol. The summed E-state index contributed by atoms with van der Waals surface area (Å²) in [4.78, 5) is 4.83. The van der Waals surface area contributed by atoms with Crippen LogP contribution in [-0.4, -0.2) is 101 Å². The van der Waals surface area contributed by atoms with E-state index in [-0.39, 0.29) is 54.0 Å². The molecule has 2 bridgehead atoms. The second-order valence-corrected chi connectivity index (χ2v) is 30.3. The lowest BCUT2D eigenvalue weighted by Gasteiger charge is -2.39. The molecule has 2 aromatic heterocycles. The van der Waals surface area contributed by atoms with Crippen LogP contribution < -0.4 is 4.74 Å². The lowest BCUT2D eigenvalue weighted by Crippen LogP contribution is -2.47. The minimum absolute atomic E-state index is 0.0184. The van der Waals surface area contributed by atoms with Gasteiger partial charge < -0.3 is 23.4 Å². The predicted octanol–water partition coefficient (Wildman–Crippen LogP) is 7.67. The third kappa shape index (κ3) is 7.98. The number of pyridine rings is 1. The molecule has 4 aliphatic heterocycles. The van der Waals surface area contributed by atoms with Crippen molar-refractivity contribution < 1.29 is 36.2 Å². The molecule has 0 saturated carbocycles. The molecule has 53 heavy (non-hydrogen) atoms. The summed E-state index contributed by atoms with van der Waals surface area (Å²) in [6.07, 6.45) is 4.70. The first-order valence-electron chi connectivity index (χ1n) is 18.9. The molecule has 0 radical (unpaired) electrons. The van der Waals surface area contributed by atoms with Gasteiger partial charge >= 0.3 is 0 Å². The fourth-order valence-electron chi connectivity index (χ4n) is 7.80. The van der Waals surface area contributed by atoms with Crippen LogP contribution in [0.1, 0.15) is 45.6 Å². The molecule has 0 amide bonds. The summed E-state index contributed by atoms with van der Waals surface area (Å²) in [5.41, 5.74) is 4.24. The van der Waals surface area contributed by atoms with E-state index >= 15 is 4.39 Å². The van der Waals surface area contributed by atoms with Crippen LogP contribution in [0.25, 0.3) is 27.9 Å². The maximum Gasteiger partial charge on any atom is 0.212 e. The molecular formula is C39H56FN3O7SSi2. The number of sulfonamides is 1. The first kappa shape index (κ1) is 38.8. The van der Waals surface area contributed by atoms with Gasteiger partial charge in [-0.3, -0.25) is 4.57 Å². The summed E-state index contributed by atoms with van der Waals surface area (Å²) in [5, 5.41) is 0.0655. The molecule has 7 rings (SSSR count). The Morgan fingerprint density at radius 1 is 0.962 bits per heavy atom. The average Bonchev–Trinajstić information content (AvgIpc) is 3.80. The van der Waals surface area contributed by atoms with Gasteiger partial charge in [0.15, 0.2) is 26.1 Å². The summed E-state index contributed by atoms with van der Waals surface area (Å²) in [6, 6.07) is 12.0. The number of halogens is 1. The molecule has 0 aliphatic carbocycles. The van der Waals surface area contributed by atoms with Crippen molar-refractivity contribution in [3.05, 3.63) is 53.9 Å². The van der Waals surface area contributed by atoms with Gasteiger partial charge in [-0.05, 0) is 54.6 Å². The molecule has 0 spiro atoms. The second-order valence-electron chi connectivity index (χ2n) is 18.0. The number of benzene rings is 1. The number of hydrogen-bond donors (Lipinski definition) is 0. The molecule has 1 aromatic carbocycles. The first-order chi connectivity index (χ1) is 24.8. The van der Waals surface area contributed by atoms with Crippen LogP contribution in [0.2, 0.25) is 43.8 Å². The molecule has 6 heterocycles. The van der Waals surface area contributed by atoms with E-state index in [1.165, 1.54) is 12.3 Å². The minimum Gasteiger partial charge on any atom is -0.470 e. The highest BCUT2D eigenvalue weighted by molar-refractivity contribution is 7.88. The fraction of sp³-hybridized carbons (Fsp3) is 0.615.